The molecule has 0 radical (unpaired) electrons. The summed E-state index contributed by atoms with van der Waals surface area (Å²) in [5, 5.41) is 0. The Hall–Kier alpha value is -2.81. The summed E-state index contributed by atoms with van der Waals surface area (Å²) in [6.45, 7) is 2.10. The van der Waals surface area contributed by atoms with E-state index in [9.17, 15) is 4.79 Å². The number of aryl methyl sites for hydroxylation is 2. The molecule has 0 fully saturated rings. The summed E-state index contributed by atoms with van der Waals surface area (Å²) in [6.07, 6.45) is 4.47. The second kappa shape index (κ2) is 5.35. The quantitative estimate of drug-likeness (QED) is 0.543. The molecule has 0 amide bonds. The molecule has 3 heteroatoms. The summed E-state index contributed by atoms with van der Waals surface area (Å²) < 4.78 is 2.23. The molecule has 124 valence electrons. The lowest BCUT2D eigenvalue weighted by Gasteiger charge is -2.14. The highest BCUT2D eigenvalue weighted by molar-refractivity contribution is 5.90. The smallest absolute Gasteiger partial charge is 0.273 e. The first-order valence-corrected chi connectivity index (χ1v) is 8.98. The number of rotatable bonds is 1. The minimum absolute atomic E-state index is 0.00426. The molecule has 25 heavy (non-hydrogen) atoms. The Bertz CT molecular complexity index is 1170. The lowest BCUT2D eigenvalue weighted by Crippen LogP contribution is -2.12. The van der Waals surface area contributed by atoms with E-state index >= 15 is 0 Å². The predicted octanol–water partition coefficient (Wildman–Crippen LogP) is 4.64. The molecule has 1 N–H and O–H groups in total. The van der Waals surface area contributed by atoms with Crippen molar-refractivity contribution in [3.63, 3.8) is 0 Å². The topological polar surface area (TPSA) is 37.3 Å². The summed E-state index contributed by atoms with van der Waals surface area (Å²) in [7, 11) is 0. The summed E-state index contributed by atoms with van der Waals surface area (Å²) in [5.74, 6) is 0. The molecule has 0 unspecified atom stereocenters. The van der Waals surface area contributed by atoms with E-state index in [1.165, 1.54) is 29.7 Å². The van der Waals surface area contributed by atoms with Crippen molar-refractivity contribution in [3.8, 4) is 11.1 Å². The number of hydrogen-bond donors (Lipinski definition) is 1. The van der Waals surface area contributed by atoms with Crippen LogP contribution in [0.15, 0.2) is 53.3 Å². The van der Waals surface area contributed by atoms with Crippen LogP contribution in [-0.2, 0) is 12.8 Å². The molecule has 0 atom stereocenters. The maximum Gasteiger partial charge on any atom is 0.273 e. The maximum absolute atomic E-state index is 13.0. The number of aromatic nitrogens is 2. The van der Waals surface area contributed by atoms with Crippen molar-refractivity contribution < 1.29 is 0 Å². The van der Waals surface area contributed by atoms with Crippen molar-refractivity contribution >= 4 is 16.6 Å². The van der Waals surface area contributed by atoms with Crippen LogP contribution in [0, 0.1) is 6.92 Å². The van der Waals surface area contributed by atoms with Crippen LogP contribution in [0.2, 0.25) is 0 Å². The number of hydrogen-bond acceptors (Lipinski definition) is 1. The van der Waals surface area contributed by atoms with Crippen molar-refractivity contribution in [2.75, 3.05) is 0 Å². The first-order valence-electron chi connectivity index (χ1n) is 8.98. The normalized spacial score (nSPS) is 14.1. The highest BCUT2D eigenvalue weighted by Crippen LogP contribution is 2.37. The van der Waals surface area contributed by atoms with Gasteiger partial charge < -0.3 is 9.38 Å². The molecule has 0 saturated heterocycles. The molecule has 1 aliphatic rings. The van der Waals surface area contributed by atoms with Crippen LogP contribution in [0.1, 0.15) is 29.7 Å². The van der Waals surface area contributed by atoms with Crippen molar-refractivity contribution in [1.82, 2.24) is 9.38 Å². The number of H-pyrrole nitrogens is 1. The minimum Gasteiger partial charge on any atom is -0.319 e. The fraction of sp³-hybridized carbons (Fsp3) is 0.227. The Balaban J connectivity index is 2.03. The minimum atomic E-state index is 0.00426. The Morgan fingerprint density at radius 1 is 1.00 bits per heavy atom. The standard InChI is InChI=1S/C22H20N2O/c1-14-11-12-17-19(13-14)24-18-10-6-5-9-16(18)20(21(24)22(25)23-17)15-7-3-2-4-8-15/h2-4,7-8,11-13H,5-6,9-10H2,1H3,(H,23,25). The van der Waals surface area contributed by atoms with Gasteiger partial charge >= 0.3 is 0 Å². The second-order valence-corrected chi connectivity index (χ2v) is 7.03. The molecular weight excluding hydrogens is 308 g/mol. The van der Waals surface area contributed by atoms with Gasteiger partial charge in [0, 0.05) is 11.3 Å². The first-order chi connectivity index (χ1) is 12.2. The SMILES string of the molecule is Cc1ccc2[nH]c(=O)c3c(-c4ccccc4)c4c(n3c2c1)CCCC4. The first kappa shape index (κ1) is 14.5. The highest BCUT2D eigenvalue weighted by atomic mass is 16.1. The average Bonchev–Trinajstić information content (AvgIpc) is 2.99. The van der Waals surface area contributed by atoms with Gasteiger partial charge in [-0.15, -0.1) is 0 Å². The molecule has 0 saturated carbocycles. The molecular formula is C22H20N2O. The molecule has 3 nitrogen and oxygen atoms in total. The Morgan fingerprint density at radius 3 is 2.64 bits per heavy atom. The molecule has 2 aromatic heterocycles. The van der Waals surface area contributed by atoms with E-state index < -0.39 is 0 Å². The van der Waals surface area contributed by atoms with Gasteiger partial charge in [-0.1, -0.05) is 36.4 Å². The van der Waals surface area contributed by atoms with E-state index in [0.29, 0.717) is 0 Å². The van der Waals surface area contributed by atoms with E-state index in [2.05, 4.69) is 40.6 Å². The van der Waals surface area contributed by atoms with Gasteiger partial charge in [-0.3, -0.25) is 4.79 Å². The lowest BCUT2D eigenvalue weighted by atomic mass is 9.92. The molecule has 0 bridgehead atoms. The Morgan fingerprint density at radius 2 is 1.80 bits per heavy atom. The van der Waals surface area contributed by atoms with Crippen molar-refractivity contribution in [2.24, 2.45) is 0 Å². The molecule has 1 aliphatic carbocycles. The second-order valence-electron chi connectivity index (χ2n) is 7.03. The van der Waals surface area contributed by atoms with E-state index in [1.54, 1.807) is 0 Å². The van der Waals surface area contributed by atoms with Gasteiger partial charge in [0.1, 0.15) is 5.52 Å². The molecule has 2 heterocycles. The van der Waals surface area contributed by atoms with Gasteiger partial charge in [-0.05, 0) is 61.4 Å². The van der Waals surface area contributed by atoms with Gasteiger partial charge in [0.25, 0.3) is 5.56 Å². The Kier molecular flexibility index (Phi) is 3.11. The average molecular weight is 328 g/mol. The summed E-state index contributed by atoms with van der Waals surface area (Å²) in [5.41, 5.74) is 8.97. The number of nitrogens with one attached hydrogen (secondary N) is 1. The van der Waals surface area contributed by atoms with Crippen molar-refractivity contribution in [1.29, 1.82) is 0 Å². The maximum atomic E-state index is 13.0. The number of aromatic amines is 1. The third-order valence-corrected chi connectivity index (χ3v) is 5.39. The summed E-state index contributed by atoms with van der Waals surface area (Å²) in [4.78, 5) is 16.1. The fourth-order valence-corrected chi connectivity index (χ4v) is 4.31. The lowest BCUT2D eigenvalue weighted by molar-refractivity contribution is 0.672. The van der Waals surface area contributed by atoms with Crippen molar-refractivity contribution in [3.05, 3.63) is 75.7 Å². The number of fused-ring (bicyclic) bond motifs is 5. The largest absolute Gasteiger partial charge is 0.319 e. The third kappa shape index (κ3) is 2.08. The molecule has 4 aromatic rings. The molecule has 0 spiro atoms. The molecule has 0 aliphatic heterocycles. The summed E-state index contributed by atoms with van der Waals surface area (Å²) >= 11 is 0. The van der Waals surface area contributed by atoms with E-state index in [-0.39, 0.29) is 5.56 Å². The molecule has 2 aromatic carbocycles. The van der Waals surface area contributed by atoms with Gasteiger partial charge in [0.15, 0.2) is 0 Å². The van der Waals surface area contributed by atoms with Gasteiger partial charge in [0.2, 0.25) is 0 Å². The molecule has 5 rings (SSSR count). The van der Waals surface area contributed by atoms with Crippen molar-refractivity contribution in [2.45, 2.75) is 32.6 Å². The van der Waals surface area contributed by atoms with Gasteiger partial charge in [0.05, 0.1) is 11.0 Å². The number of benzene rings is 2. The predicted molar refractivity (Wildman–Crippen MR) is 102 cm³/mol. The zero-order valence-electron chi connectivity index (χ0n) is 14.3. The van der Waals surface area contributed by atoms with Gasteiger partial charge in [-0.25, -0.2) is 0 Å². The zero-order chi connectivity index (χ0) is 17.0. The zero-order valence-corrected chi connectivity index (χ0v) is 14.3. The van der Waals surface area contributed by atoms with Crippen LogP contribution in [0.5, 0.6) is 0 Å². The number of nitrogens with zero attached hydrogens (tertiary/aromatic N) is 1. The third-order valence-electron chi connectivity index (χ3n) is 5.39. The monoisotopic (exact) mass is 328 g/mol. The van der Waals surface area contributed by atoms with Gasteiger partial charge in [-0.2, -0.15) is 0 Å². The van der Waals surface area contributed by atoms with Crippen LogP contribution >= 0.6 is 0 Å². The van der Waals surface area contributed by atoms with E-state index in [4.69, 9.17) is 0 Å². The van der Waals surface area contributed by atoms with Crippen LogP contribution in [-0.4, -0.2) is 9.38 Å². The van der Waals surface area contributed by atoms with Crippen LogP contribution in [0.4, 0.5) is 0 Å². The van der Waals surface area contributed by atoms with Crippen LogP contribution in [0.25, 0.3) is 27.7 Å². The Labute approximate surface area is 145 Å². The van der Waals surface area contributed by atoms with E-state index in [0.717, 1.165) is 40.5 Å². The fourth-order valence-electron chi connectivity index (χ4n) is 4.31. The highest BCUT2D eigenvalue weighted by Gasteiger charge is 2.25. The van der Waals surface area contributed by atoms with Crippen LogP contribution < -0.4 is 5.56 Å². The van der Waals surface area contributed by atoms with Crippen LogP contribution in [0.3, 0.4) is 0 Å². The summed E-state index contributed by atoms with van der Waals surface area (Å²) in [6, 6.07) is 16.6. The van der Waals surface area contributed by atoms with E-state index in [1.807, 2.05) is 24.3 Å².